The normalized spacial score (nSPS) is 11.7. The number of hydrazine groups is 1. The molecule has 5 heteroatoms. The highest BCUT2D eigenvalue weighted by Crippen LogP contribution is 2.06. The van der Waals surface area contributed by atoms with Crippen molar-refractivity contribution >= 4 is 5.78 Å². The molecular formula is C13H18FN3O. The number of hydrogen-bond acceptors (Lipinski definition) is 4. The lowest BCUT2D eigenvalue weighted by molar-refractivity contribution is -0.118. The number of rotatable bonds is 5. The van der Waals surface area contributed by atoms with E-state index < -0.39 is 0 Å². The van der Waals surface area contributed by atoms with E-state index in [4.69, 9.17) is 11.6 Å². The van der Waals surface area contributed by atoms with Crippen LogP contribution in [0.5, 0.6) is 0 Å². The van der Waals surface area contributed by atoms with Crippen LogP contribution >= 0.6 is 0 Å². The molecule has 0 aromatic heterocycles. The number of nitrogens with zero attached hydrogens (tertiary/aromatic N) is 1. The second kappa shape index (κ2) is 6.16. The SMILES string of the molecule is CC(C)C(=O)/C(N)=C/N(N)Cc1ccc(F)cc1. The number of halogens is 1. The number of allylic oxidation sites excluding steroid dienone is 1. The van der Waals surface area contributed by atoms with Crippen molar-refractivity contribution in [1.82, 2.24) is 5.01 Å². The molecule has 0 unspecified atom stereocenters. The molecule has 0 atom stereocenters. The third-order valence-corrected chi connectivity index (χ3v) is 2.39. The molecule has 0 radical (unpaired) electrons. The van der Waals surface area contributed by atoms with Crippen LogP contribution in [0.4, 0.5) is 4.39 Å². The molecule has 0 heterocycles. The van der Waals surface area contributed by atoms with Crippen molar-refractivity contribution in [3.8, 4) is 0 Å². The number of ketones is 1. The van der Waals surface area contributed by atoms with Crippen LogP contribution in [0.1, 0.15) is 19.4 Å². The fourth-order valence-electron chi connectivity index (χ4n) is 1.42. The summed E-state index contributed by atoms with van der Waals surface area (Å²) >= 11 is 0. The summed E-state index contributed by atoms with van der Waals surface area (Å²) in [5, 5.41) is 1.31. The highest BCUT2D eigenvalue weighted by atomic mass is 19.1. The first-order valence-corrected chi connectivity index (χ1v) is 5.67. The summed E-state index contributed by atoms with van der Waals surface area (Å²) in [6.45, 7) is 3.89. The van der Waals surface area contributed by atoms with Crippen LogP contribution in [-0.2, 0) is 11.3 Å². The first kappa shape index (κ1) is 14.2. The summed E-state index contributed by atoms with van der Waals surface area (Å²) in [6, 6.07) is 5.97. The van der Waals surface area contributed by atoms with Gasteiger partial charge in [0.25, 0.3) is 0 Å². The van der Waals surface area contributed by atoms with E-state index in [-0.39, 0.29) is 23.2 Å². The lowest BCUT2D eigenvalue weighted by atomic mass is 10.1. The van der Waals surface area contributed by atoms with Crippen molar-refractivity contribution in [3.63, 3.8) is 0 Å². The number of Topliss-reactive ketones (excluding diaryl/α,β-unsaturated/α-hetero) is 1. The smallest absolute Gasteiger partial charge is 0.182 e. The zero-order chi connectivity index (χ0) is 13.7. The number of nitrogens with two attached hydrogens (primary N) is 2. The first-order valence-electron chi connectivity index (χ1n) is 5.67. The van der Waals surface area contributed by atoms with E-state index in [1.165, 1.54) is 23.3 Å². The predicted octanol–water partition coefficient (Wildman–Crippen LogP) is 1.53. The zero-order valence-electron chi connectivity index (χ0n) is 10.6. The highest BCUT2D eigenvalue weighted by Gasteiger charge is 2.11. The minimum atomic E-state index is -0.299. The van der Waals surface area contributed by atoms with Gasteiger partial charge in [-0.2, -0.15) is 0 Å². The zero-order valence-corrected chi connectivity index (χ0v) is 10.6. The fourth-order valence-corrected chi connectivity index (χ4v) is 1.42. The summed E-state index contributed by atoms with van der Waals surface area (Å²) < 4.78 is 12.7. The summed E-state index contributed by atoms with van der Waals surface area (Å²) in [4.78, 5) is 11.6. The molecule has 0 aliphatic heterocycles. The topological polar surface area (TPSA) is 72.4 Å². The van der Waals surface area contributed by atoms with E-state index in [2.05, 4.69) is 0 Å². The molecule has 4 nitrogen and oxygen atoms in total. The average molecular weight is 251 g/mol. The van der Waals surface area contributed by atoms with Gasteiger partial charge in [0.05, 0.1) is 12.2 Å². The molecule has 98 valence electrons. The van der Waals surface area contributed by atoms with E-state index >= 15 is 0 Å². The summed E-state index contributed by atoms with van der Waals surface area (Å²) in [6.07, 6.45) is 1.39. The quantitative estimate of drug-likeness (QED) is 0.473. The van der Waals surface area contributed by atoms with Crippen LogP contribution in [0.3, 0.4) is 0 Å². The Labute approximate surface area is 106 Å². The Bertz CT molecular complexity index is 440. The third kappa shape index (κ3) is 4.18. The Morgan fingerprint density at radius 3 is 2.44 bits per heavy atom. The van der Waals surface area contributed by atoms with Crippen molar-refractivity contribution in [1.29, 1.82) is 0 Å². The maximum absolute atomic E-state index is 12.7. The molecule has 0 saturated heterocycles. The predicted molar refractivity (Wildman–Crippen MR) is 68.2 cm³/mol. The van der Waals surface area contributed by atoms with Gasteiger partial charge in [0.15, 0.2) is 5.78 Å². The van der Waals surface area contributed by atoms with Crippen molar-refractivity contribution in [2.75, 3.05) is 0 Å². The molecule has 0 spiro atoms. The van der Waals surface area contributed by atoms with Crippen LogP contribution < -0.4 is 11.6 Å². The minimum absolute atomic E-state index is 0.120. The fraction of sp³-hybridized carbons (Fsp3) is 0.308. The van der Waals surface area contributed by atoms with Gasteiger partial charge in [0, 0.05) is 12.1 Å². The maximum Gasteiger partial charge on any atom is 0.182 e. The van der Waals surface area contributed by atoms with Gasteiger partial charge in [-0.15, -0.1) is 0 Å². The monoisotopic (exact) mass is 251 g/mol. The van der Waals surface area contributed by atoms with Crippen LogP contribution in [0.2, 0.25) is 0 Å². The van der Waals surface area contributed by atoms with Crippen molar-refractivity contribution in [3.05, 3.63) is 47.5 Å². The van der Waals surface area contributed by atoms with Gasteiger partial charge in [0.2, 0.25) is 0 Å². The molecule has 1 aromatic rings. The second-order valence-corrected chi connectivity index (χ2v) is 4.40. The molecule has 0 aliphatic carbocycles. The van der Waals surface area contributed by atoms with Gasteiger partial charge in [-0.25, -0.2) is 10.2 Å². The van der Waals surface area contributed by atoms with Gasteiger partial charge in [-0.05, 0) is 17.7 Å². The molecule has 0 saturated carbocycles. The molecule has 0 amide bonds. The van der Waals surface area contributed by atoms with E-state index in [1.807, 2.05) is 0 Å². The van der Waals surface area contributed by atoms with Gasteiger partial charge < -0.3 is 10.7 Å². The lowest BCUT2D eigenvalue weighted by Gasteiger charge is -2.15. The molecule has 4 N–H and O–H groups in total. The van der Waals surface area contributed by atoms with Gasteiger partial charge in [-0.1, -0.05) is 26.0 Å². The van der Waals surface area contributed by atoms with E-state index in [0.29, 0.717) is 6.54 Å². The lowest BCUT2D eigenvalue weighted by Crippen LogP contribution is -2.28. The Balaban J connectivity index is 2.66. The molecule has 1 aromatic carbocycles. The Morgan fingerprint density at radius 2 is 1.94 bits per heavy atom. The van der Waals surface area contributed by atoms with Crippen molar-refractivity contribution < 1.29 is 9.18 Å². The Hall–Kier alpha value is -1.88. The molecule has 18 heavy (non-hydrogen) atoms. The minimum Gasteiger partial charge on any atom is -0.395 e. The molecule has 0 fully saturated rings. The second-order valence-electron chi connectivity index (χ2n) is 4.40. The Kier molecular flexibility index (Phi) is 4.85. The van der Waals surface area contributed by atoms with Gasteiger partial charge >= 0.3 is 0 Å². The number of hydrogen-bond donors (Lipinski definition) is 2. The third-order valence-electron chi connectivity index (χ3n) is 2.39. The van der Waals surface area contributed by atoms with Crippen LogP contribution in [-0.4, -0.2) is 10.8 Å². The van der Waals surface area contributed by atoms with Gasteiger partial charge in [-0.3, -0.25) is 4.79 Å². The van der Waals surface area contributed by atoms with Crippen molar-refractivity contribution in [2.24, 2.45) is 17.5 Å². The van der Waals surface area contributed by atoms with E-state index in [0.717, 1.165) is 5.56 Å². The number of carbonyl (C=O) groups excluding carboxylic acids is 1. The molecule has 0 aliphatic rings. The summed E-state index contributed by atoms with van der Waals surface area (Å²) in [5.41, 5.74) is 6.58. The van der Waals surface area contributed by atoms with Gasteiger partial charge in [0.1, 0.15) is 5.82 Å². The maximum atomic E-state index is 12.7. The summed E-state index contributed by atoms with van der Waals surface area (Å²) in [5.74, 6) is 5.10. The molecule has 0 bridgehead atoms. The largest absolute Gasteiger partial charge is 0.395 e. The van der Waals surface area contributed by atoms with E-state index in [9.17, 15) is 9.18 Å². The van der Waals surface area contributed by atoms with Crippen LogP contribution in [0.15, 0.2) is 36.2 Å². The number of benzene rings is 1. The first-order chi connectivity index (χ1) is 8.40. The molecular weight excluding hydrogens is 233 g/mol. The van der Waals surface area contributed by atoms with Crippen LogP contribution in [0.25, 0.3) is 0 Å². The standard InChI is InChI=1S/C13H18FN3O/c1-9(2)13(18)12(15)8-17(16)7-10-3-5-11(14)6-4-10/h3-6,8-9H,7,15-16H2,1-2H3/b12-8-. The van der Waals surface area contributed by atoms with Crippen LogP contribution in [0, 0.1) is 11.7 Å². The highest BCUT2D eigenvalue weighted by molar-refractivity contribution is 5.95. The summed E-state index contributed by atoms with van der Waals surface area (Å²) in [7, 11) is 0. The van der Waals surface area contributed by atoms with Crippen molar-refractivity contribution in [2.45, 2.75) is 20.4 Å². The Morgan fingerprint density at radius 1 is 1.39 bits per heavy atom. The number of carbonyl (C=O) groups is 1. The average Bonchev–Trinajstić information content (AvgIpc) is 2.30. The van der Waals surface area contributed by atoms with E-state index in [1.54, 1.807) is 26.0 Å². The molecule has 1 rings (SSSR count).